The number of benzene rings is 3. The number of thiazole rings is 1. The minimum absolute atomic E-state index is 0.103. The first-order valence-electron chi connectivity index (χ1n) is 10.7. The van der Waals surface area contributed by atoms with Crippen LogP contribution in [0.4, 0.5) is 13.2 Å². The van der Waals surface area contributed by atoms with Gasteiger partial charge in [0.15, 0.2) is 17.2 Å². The molecule has 0 saturated carbocycles. The Hall–Kier alpha value is -4.04. The molecular weight excluding hydrogens is 473 g/mol. The van der Waals surface area contributed by atoms with Gasteiger partial charge in [0, 0.05) is 29.4 Å². The zero-order valence-corrected chi connectivity index (χ0v) is 19.0. The number of allylic oxidation sites excluding steroid dienone is 1. The molecule has 0 saturated heterocycles. The molecule has 6 rings (SSSR count). The van der Waals surface area contributed by atoms with Gasteiger partial charge in [-0.25, -0.2) is 4.98 Å². The zero-order valence-electron chi connectivity index (χ0n) is 18.2. The Morgan fingerprint density at radius 2 is 1.49 bits per heavy atom. The number of nitrogens with zero attached hydrogens (tertiary/aromatic N) is 2. The minimum atomic E-state index is -4.39. The molecule has 0 bridgehead atoms. The third-order valence-electron chi connectivity index (χ3n) is 6.23. The van der Waals surface area contributed by atoms with Crippen LogP contribution in [0, 0.1) is 0 Å². The van der Waals surface area contributed by atoms with Crippen LogP contribution in [-0.4, -0.2) is 21.1 Å². The molecule has 0 N–H and O–H groups in total. The van der Waals surface area contributed by atoms with Gasteiger partial charge in [0.05, 0.1) is 15.8 Å². The second kappa shape index (κ2) is 7.48. The first-order valence-corrected chi connectivity index (χ1v) is 11.5. The molecule has 172 valence electrons. The molecule has 5 aromatic rings. The van der Waals surface area contributed by atoms with Crippen molar-refractivity contribution in [2.45, 2.75) is 6.18 Å². The number of alkyl halides is 3. The number of Topliss-reactive ketones (excluding diaryl/α,β-unsaturated/α-hetero) is 2. The van der Waals surface area contributed by atoms with Crippen LogP contribution in [0.15, 0.2) is 72.3 Å². The number of rotatable bonds is 2. The molecule has 3 aromatic carbocycles. The number of carbonyl (C=O) groups excluding carboxylic acids is 2. The van der Waals surface area contributed by atoms with E-state index in [-0.39, 0.29) is 17.1 Å². The van der Waals surface area contributed by atoms with Crippen LogP contribution in [0.1, 0.15) is 32.0 Å². The lowest BCUT2D eigenvalue weighted by Gasteiger charge is -2.06. The molecule has 0 unspecified atom stereocenters. The van der Waals surface area contributed by atoms with Crippen molar-refractivity contribution in [2.75, 3.05) is 0 Å². The normalized spacial score (nSPS) is 13.8. The summed E-state index contributed by atoms with van der Waals surface area (Å²) in [5.41, 5.74) is 2.05. The number of ketones is 2. The Morgan fingerprint density at radius 1 is 0.886 bits per heavy atom. The summed E-state index contributed by atoms with van der Waals surface area (Å²) in [6.07, 6.45) is -2.81. The highest BCUT2D eigenvalue weighted by molar-refractivity contribution is 7.21. The maximum absolute atomic E-state index is 13.1. The van der Waals surface area contributed by atoms with Crippen molar-refractivity contribution in [3.05, 3.63) is 94.7 Å². The summed E-state index contributed by atoms with van der Waals surface area (Å²) in [5.74, 6) is -0.613. The highest BCUT2D eigenvalue weighted by Gasteiger charge is 2.34. The molecular formula is C27H15F3N2O2S. The molecule has 8 heteroatoms. The van der Waals surface area contributed by atoms with Gasteiger partial charge in [-0.2, -0.15) is 13.2 Å². The molecule has 0 radical (unpaired) electrons. The van der Waals surface area contributed by atoms with Crippen molar-refractivity contribution in [3.8, 4) is 10.6 Å². The number of carbonyl (C=O) groups is 2. The predicted octanol–water partition coefficient (Wildman–Crippen LogP) is 6.94. The van der Waals surface area contributed by atoms with Gasteiger partial charge in [0.2, 0.25) is 0 Å². The van der Waals surface area contributed by atoms with Crippen molar-refractivity contribution in [2.24, 2.45) is 7.05 Å². The molecule has 0 fully saturated rings. The second-order valence-corrected chi connectivity index (χ2v) is 9.40. The van der Waals surface area contributed by atoms with E-state index >= 15 is 0 Å². The first kappa shape index (κ1) is 21.5. The van der Waals surface area contributed by atoms with E-state index in [0.717, 1.165) is 27.6 Å². The summed E-state index contributed by atoms with van der Waals surface area (Å²) in [4.78, 5) is 30.7. The quantitative estimate of drug-likeness (QED) is 0.200. The molecule has 0 atom stereocenters. The Bertz CT molecular complexity index is 1670. The van der Waals surface area contributed by atoms with E-state index in [2.05, 4.69) is 4.98 Å². The maximum Gasteiger partial charge on any atom is 0.416 e. The van der Waals surface area contributed by atoms with Gasteiger partial charge >= 0.3 is 6.18 Å². The Labute approximate surface area is 201 Å². The topological polar surface area (TPSA) is 52.0 Å². The van der Waals surface area contributed by atoms with Crippen molar-refractivity contribution < 1.29 is 22.8 Å². The van der Waals surface area contributed by atoms with Crippen LogP contribution in [0.3, 0.4) is 0 Å². The van der Waals surface area contributed by atoms with E-state index in [0.29, 0.717) is 33.0 Å². The Balaban J connectivity index is 1.36. The van der Waals surface area contributed by atoms with Gasteiger partial charge in [0.1, 0.15) is 5.01 Å². The first-order chi connectivity index (χ1) is 16.7. The summed E-state index contributed by atoms with van der Waals surface area (Å²) >= 11 is 1.33. The highest BCUT2D eigenvalue weighted by atomic mass is 32.1. The number of halogens is 3. The van der Waals surface area contributed by atoms with Crippen molar-refractivity contribution in [1.29, 1.82) is 0 Å². The van der Waals surface area contributed by atoms with Gasteiger partial charge < -0.3 is 4.57 Å². The Morgan fingerprint density at radius 3 is 2.03 bits per heavy atom. The molecule has 1 aliphatic rings. The smallest absolute Gasteiger partial charge is 0.328 e. The van der Waals surface area contributed by atoms with Gasteiger partial charge in [-0.1, -0.05) is 36.4 Å². The molecule has 2 aromatic heterocycles. The zero-order chi connectivity index (χ0) is 24.5. The second-order valence-electron chi connectivity index (χ2n) is 8.37. The van der Waals surface area contributed by atoms with E-state index in [1.807, 2.05) is 30.3 Å². The molecule has 1 aliphatic carbocycles. The fraction of sp³-hybridized carbons (Fsp3) is 0.0741. The number of aryl methyl sites for hydroxylation is 1. The van der Waals surface area contributed by atoms with Crippen LogP contribution in [0.2, 0.25) is 0 Å². The third kappa shape index (κ3) is 3.40. The maximum atomic E-state index is 13.1. The fourth-order valence-electron chi connectivity index (χ4n) is 4.36. The number of aromatic nitrogens is 2. The lowest BCUT2D eigenvalue weighted by Crippen LogP contribution is -2.04. The SMILES string of the molecule is Cn1c(C=C2C(=O)c3cc4ccccc4cc3C2=O)cc2sc(-c3ccc(C(F)(F)F)cc3)nc21. The van der Waals surface area contributed by atoms with Gasteiger partial charge in [-0.3, -0.25) is 9.59 Å². The van der Waals surface area contributed by atoms with E-state index in [4.69, 9.17) is 0 Å². The van der Waals surface area contributed by atoms with Crippen molar-refractivity contribution in [1.82, 2.24) is 9.55 Å². The summed E-state index contributed by atoms with van der Waals surface area (Å²) in [6.45, 7) is 0. The lowest BCUT2D eigenvalue weighted by molar-refractivity contribution is -0.137. The van der Waals surface area contributed by atoms with E-state index < -0.39 is 11.7 Å². The number of hydrogen-bond acceptors (Lipinski definition) is 4. The van der Waals surface area contributed by atoms with E-state index in [1.165, 1.54) is 23.5 Å². The van der Waals surface area contributed by atoms with Gasteiger partial charge in [0.25, 0.3) is 0 Å². The standard InChI is InChI=1S/C27H15F3N2O2S/c1-32-18(12-21-23(33)19-10-15-4-2-3-5-16(15)11-20(19)24(21)34)13-22-25(32)31-26(35-22)14-6-8-17(9-7-14)27(28,29)30/h2-13H,1H3. The molecule has 4 nitrogen and oxygen atoms in total. The molecule has 0 amide bonds. The van der Waals surface area contributed by atoms with Crippen LogP contribution in [0.25, 0.3) is 37.8 Å². The third-order valence-corrected chi connectivity index (χ3v) is 7.27. The van der Waals surface area contributed by atoms with Crippen LogP contribution >= 0.6 is 11.3 Å². The molecule has 35 heavy (non-hydrogen) atoms. The summed E-state index contributed by atoms with van der Waals surface area (Å²) in [6, 6.07) is 17.8. The van der Waals surface area contributed by atoms with E-state index in [9.17, 15) is 22.8 Å². The monoisotopic (exact) mass is 488 g/mol. The number of fused-ring (bicyclic) bond motifs is 3. The van der Waals surface area contributed by atoms with E-state index in [1.54, 1.807) is 29.8 Å². The molecule has 0 spiro atoms. The Kier molecular flexibility index (Phi) is 4.59. The molecule has 0 aliphatic heterocycles. The average Bonchev–Trinajstić information content (AvgIpc) is 3.45. The van der Waals surface area contributed by atoms with Crippen LogP contribution in [-0.2, 0) is 13.2 Å². The molecule has 2 heterocycles. The summed E-state index contributed by atoms with van der Waals surface area (Å²) < 4.78 is 41.1. The minimum Gasteiger partial charge on any atom is -0.328 e. The van der Waals surface area contributed by atoms with Crippen LogP contribution in [0.5, 0.6) is 0 Å². The average molecular weight is 488 g/mol. The van der Waals surface area contributed by atoms with Crippen molar-refractivity contribution in [3.63, 3.8) is 0 Å². The van der Waals surface area contributed by atoms with Crippen LogP contribution < -0.4 is 0 Å². The highest BCUT2D eigenvalue weighted by Crippen LogP contribution is 2.36. The van der Waals surface area contributed by atoms with Gasteiger partial charge in [-0.15, -0.1) is 11.3 Å². The van der Waals surface area contributed by atoms with Gasteiger partial charge in [-0.05, 0) is 47.2 Å². The summed E-state index contributed by atoms with van der Waals surface area (Å²) in [5, 5.41) is 2.38. The summed E-state index contributed by atoms with van der Waals surface area (Å²) in [7, 11) is 1.77. The number of hydrogen-bond donors (Lipinski definition) is 0. The predicted molar refractivity (Wildman–Crippen MR) is 130 cm³/mol. The lowest BCUT2D eigenvalue weighted by atomic mass is 10.0. The van der Waals surface area contributed by atoms with Crippen molar-refractivity contribution >= 4 is 50.1 Å². The largest absolute Gasteiger partial charge is 0.416 e. The fourth-order valence-corrected chi connectivity index (χ4v) is 5.41.